The number of benzene rings is 1. The molecule has 1 rings (SSSR count). The van der Waals surface area contributed by atoms with Crippen molar-refractivity contribution in [3.05, 3.63) is 35.9 Å². The number of nitrogens with two attached hydrogens (primary N) is 1. The molecule has 0 aromatic heterocycles. The highest BCUT2D eigenvalue weighted by Crippen LogP contribution is 2.25. The van der Waals surface area contributed by atoms with Crippen molar-refractivity contribution < 1.29 is 5.11 Å². The molecule has 1 aromatic rings. The Kier molecular flexibility index (Phi) is 3.67. The van der Waals surface area contributed by atoms with Gasteiger partial charge in [0, 0.05) is 0 Å². The first-order chi connectivity index (χ1) is 6.58. The van der Waals surface area contributed by atoms with Crippen molar-refractivity contribution in [3.8, 4) is 0 Å². The fourth-order valence-corrected chi connectivity index (χ4v) is 1.77. The average Bonchev–Trinajstić information content (AvgIpc) is 2.18. The van der Waals surface area contributed by atoms with Crippen LogP contribution in [-0.2, 0) is 5.54 Å². The monoisotopic (exact) mass is 193 g/mol. The molecule has 0 spiro atoms. The van der Waals surface area contributed by atoms with Gasteiger partial charge in [-0.15, -0.1) is 0 Å². The lowest BCUT2D eigenvalue weighted by Gasteiger charge is -2.29. The van der Waals surface area contributed by atoms with Crippen molar-refractivity contribution in [2.75, 3.05) is 6.61 Å². The van der Waals surface area contributed by atoms with Crippen LogP contribution in [0.4, 0.5) is 0 Å². The van der Waals surface area contributed by atoms with E-state index in [-0.39, 0.29) is 6.61 Å². The molecular weight excluding hydrogens is 174 g/mol. The number of aliphatic hydroxyl groups excluding tert-OH is 1. The lowest BCUT2D eigenvalue weighted by atomic mass is 9.84. The Labute approximate surface area is 85.8 Å². The summed E-state index contributed by atoms with van der Waals surface area (Å²) in [6.07, 6.45) is 0.799. The second kappa shape index (κ2) is 4.58. The van der Waals surface area contributed by atoms with Gasteiger partial charge >= 0.3 is 0 Å². The molecule has 0 fully saturated rings. The van der Waals surface area contributed by atoms with Crippen LogP contribution < -0.4 is 5.73 Å². The highest BCUT2D eigenvalue weighted by Gasteiger charge is 2.26. The zero-order valence-electron chi connectivity index (χ0n) is 8.90. The van der Waals surface area contributed by atoms with Gasteiger partial charge in [0.05, 0.1) is 12.1 Å². The van der Waals surface area contributed by atoms with Crippen LogP contribution in [0.15, 0.2) is 30.3 Å². The van der Waals surface area contributed by atoms with E-state index in [1.807, 2.05) is 30.3 Å². The van der Waals surface area contributed by atoms with Gasteiger partial charge in [0.2, 0.25) is 0 Å². The van der Waals surface area contributed by atoms with Crippen molar-refractivity contribution in [3.63, 3.8) is 0 Å². The predicted octanol–water partition coefficient (Wildman–Crippen LogP) is 1.88. The van der Waals surface area contributed by atoms with Gasteiger partial charge in [-0.25, -0.2) is 0 Å². The molecule has 0 aliphatic rings. The lowest BCUT2D eigenvalue weighted by molar-refractivity contribution is 0.174. The molecule has 0 saturated carbocycles. The van der Waals surface area contributed by atoms with Crippen LogP contribution in [0, 0.1) is 5.92 Å². The molecule has 1 aromatic carbocycles. The summed E-state index contributed by atoms with van der Waals surface area (Å²) in [6, 6.07) is 9.80. The van der Waals surface area contributed by atoms with Crippen LogP contribution in [0.2, 0.25) is 0 Å². The van der Waals surface area contributed by atoms with E-state index in [4.69, 9.17) is 5.73 Å². The van der Waals surface area contributed by atoms with Crippen molar-refractivity contribution in [1.29, 1.82) is 0 Å². The van der Waals surface area contributed by atoms with E-state index >= 15 is 0 Å². The van der Waals surface area contributed by atoms with Crippen molar-refractivity contribution in [1.82, 2.24) is 0 Å². The second-order valence-corrected chi connectivity index (χ2v) is 4.28. The molecule has 0 aliphatic carbocycles. The summed E-state index contributed by atoms with van der Waals surface area (Å²) >= 11 is 0. The zero-order chi connectivity index (χ0) is 10.6. The Morgan fingerprint density at radius 1 is 1.29 bits per heavy atom. The van der Waals surface area contributed by atoms with E-state index in [0.29, 0.717) is 5.92 Å². The fraction of sp³-hybridized carbons (Fsp3) is 0.500. The second-order valence-electron chi connectivity index (χ2n) is 4.28. The Hall–Kier alpha value is -0.860. The van der Waals surface area contributed by atoms with E-state index < -0.39 is 5.54 Å². The van der Waals surface area contributed by atoms with Crippen LogP contribution in [0.25, 0.3) is 0 Å². The van der Waals surface area contributed by atoms with Gasteiger partial charge < -0.3 is 10.8 Å². The molecule has 0 amide bonds. The Morgan fingerprint density at radius 2 is 1.86 bits per heavy atom. The number of rotatable bonds is 4. The van der Waals surface area contributed by atoms with Crippen LogP contribution >= 0.6 is 0 Å². The third-order valence-electron chi connectivity index (χ3n) is 2.40. The summed E-state index contributed by atoms with van der Waals surface area (Å²) in [7, 11) is 0. The minimum atomic E-state index is -0.588. The minimum absolute atomic E-state index is 0.00477. The van der Waals surface area contributed by atoms with Crippen LogP contribution in [-0.4, -0.2) is 11.7 Å². The topological polar surface area (TPSA) is 46.2 Å². The first kappa shape index (κ1) is 11.2. The maximum atomic E-state index is 9.36. The van der Waals surface area contributed by atoms with E-state index in [9.17, 15) is 5.11 Å². The first-order valence-corrected chi connectivity index (χ1v) is 5.04. The Bertz CT molecular complexity index is 271. The third kappa shape index (κ3) is 2.56. The quantitative estimate of drug-likeness (QED) is 0.767. The smallest absolute Gasteiger partial charge is 0.0653 e. The standard InChI is InChI=1S/C12H19NO/c1-10(2)8-12(13,9-14)11-6-4-3-5-7-11/h3-7,10,14H,8-9,13H2,1-2H3. The third-order valence-corrected chi connectivity index (χ3v) is 2.40. The normalized spacial score (nSPS) is 15.5. The Balaban J connectivity index is 2.90. The molecule has 0 bridgehead atoms. The number of hydrogen-bond acceptors (Lipinski definition) is 2. The van der Waals surface area contributed by atoms with E-state index in [2.05, 4.69) is 13.8 Å². The van der Waals surface area contributed by atoms with Gasteiger partial charge in [-0.3, -0.25) is 0 Å². The minimum Gasteiger partial charge on any atom is -0.394 e. The SMILES string of the molecule is CC(C)CC(N)(CO)c1ccccc1. The summed E-state index contributed by atoms with van der Waals surface area (Å²) in [5.74, 6) is 0.479. The summed E-state index contributed by atoms with van der Waals surface area (Å²) in [6.45, 7) is 4.22. The molecule has 2 nitrogen and oxygen atoms in total. The molecule has 14 heavy (non-hydrogen) atoms. The molecule has 0 radical (unpaired) electrons. The van der Waals surface area contributed by atoms with E-state index in [1.165, 1.54) is 0 Å². The van der Waals surface area contributed by atoms with Gasteiger partial charge in [0.1, 0.15) is 0 Å². The van der Waals surface area contributed by atoms with Gasteiger partial charge in [0.25, 0.3) is 0 Å². The molecule has 3 N–H and O–H groups in total. The zero-order valence-corrected chi connectivity index (χ0v) is 8.90. The first-order valence-electron chi connectivity index (χ1n) is 5.04. The van der Waals surface area contributed by atoms with Gasteiger partial charge in [-0.2, -0.15) is 0 Å². The molecule has 0 heterocycles. The average molecular weight is 193 g/mol. The maximum absolute atomic E-state index is 9.36. The van der Waals surface area contributed by atoms with Crippen LogP contribution in [0.3, 0.4) is 0 Å². The predicted molar refractivity (Wildman–Crippen MR) is 58.8 cm³/mol. The molecule has 1 atom stereocenters. The summed E-state index contributed by atoms with van der Waals surface area (Å²) in [4.78, 5) is 0. The summed E-state index contributed by atoms with van der Waals surface area (Å²) < 4.78 is 0. The fourth-order valence-electron chi connectivity index (χ4n) is 1.77. The van der Waals surface area contributed by atoms with Gasteiger partial charge in [0.15, 0.2) is 0 Å². The molecule has 1 unspecified atom stereocenters. The van der Waals surface area contributed by atoms with Crippen LogP contribution in [0.5, 0.6) is 0 Å². The van der Waals surface area contributed by atoms with Crippen molar-refractivity contribution in [2.24, 2.45) is 11.7 Å². The lowest BCUT2D eigenvalue weighted by Crippen LogP contribution is -2.41. The molecule has 0 aliphatic heterocycles. The summed E-state index contributed by atoms with van der Waals surface area (Å²) in [5, 5.41) is 9.36. The molecular formula is C12H19NO. The van der Waals surface area contributed by atoms with E-state index in [1.54, 1.807) is 0 Å². The molecule has 78 valence electrons. The largest absolute Gasteiger partial charge is 0.394 e. The highest BCUT2D eigenvalue weighted by atomic mass is 16.3. The number of aliphatic hydroxyl groups is 1. The Morgan fingerprint density at radius 3 is 2.29 bits per heavy atom. The number of hydrogen-bond donors (Lipinski definition) is 2. The molecule has 2 heteroatoms. The van der Waals surface area contributed by atoms with Crippen molar-refractivity contribution >= 4 is 0 Å². The van der Waals surface area contributed by atoms with Crippen molar-refractivity contribution in [2.45, 2.75) is 25.8 Å². The highest BCUT2D eigenvalue weighted by molar-refractivity contribution is 5.24. The van der Waals surface area contributed by atoms with Gasteiger partial charge in [-0.1, -0.05) is 44.2 Å². The van der Waals surface area contributed by atoms with E-state index in [0.717, 1.165) is 12.0 Å². The van der Waals surface area contributed by atoms with Crippen LogP contribution in [0.1, 0.15) is 25.8 Å². The summed E-state index contributed by atoms with van der Waals surface area (Å²) in [5.41, 5.74) is 6.59. The molecule has 0 saturated heterocycles. The maximum Gasteiger partial charge on any atom is 0.0653 e. The van der Waals surface area contributed by atoms with Gasteiger partial charge in [-0.05, 0) is 17.9 Å².